The molecule has 0 aliphatic rings. The van der Waals surface area contributed by atoms with Crippen molar-refractivity contribution in [1.29, 1.82) is 0 Å². The largest absolute Gasteiger partial charge is 0.264 e. The second-order valence-electron chi connectivity index (χ2n) is 4.10. The van der Waals surface area contributed by atoms with Crippen molar-refractivity contribution in [2.75, 3.05) is 0 Å². The summed E-state index contributed by atoms with van der Waals surface area (Å²) in [6, 6.07) is 6.17. The van der Waals surface area contributed by atoms with Crippen molar-refractivity contribution in [3.63, 3.8) is 0 Å². The number of hydrogen-bond acceptors (Lipinski definition) is 5. The third kappa shape index (κ3) is 3.02. The molecule has 0 fully saturated rings. The molecule has 0 aliphatic heterocycles. The van der Waals surface area contributed by atoms with Gasteiger partial charge in [-0.3, -0.25) is 10.1 Å². The molecule has 0 unspecified atom stereocenters. The van der Waals surface area contributed by atoms with Gasteiger partial charge >= 0.3 is 0 Å². The Labute approximate surface area is 119 Å². The number of nitrogens with zero attached hydrogens (tertiary/aromatic N) is 3. The highest BCUT2D eigenvalue weighted by Gasteiger charge is 2.07. The van der Waals surface area contributed by atoms with E-state index >= 15 is 0 Å². The Balaban J connectivity index is 1.68. The molecule has 3 aromatic rings. The number of hydrogen-bond donors (Lipinski definition) is 1. The van der Waals surface area contributed by atoms with Gasteiger partial charge in [0, 0.05) is 18.1 Å². The van der Waals surface area contributed by atoms with Gasteiger partial charge in [-0.15, -0.1) is 16.4 Å². The van der Waals surface area contributed by atoms with E-state index in [9.17, 15) is 0 Å². The van der Waals surface area contributed by atoms with Crippen molar-refractivity contribution >= 4 is 23.1 Å². The van der Waals surface area contributed by atoms with Crippen LogP contribution in [0.4, 0.5) is 0 Å². The third-order valence-corrected chi connectivity index (χ3v) is 4.31. The SMILES string of the molecule is Cc1cncc(CSc2n[nH]c(-c3cccs3)n2)c1. The number of aryl methyl sites for hydroxylation is 1. The van der Waals surface area contributed by atoms with E-state index < -0.39 is 0 Å². The van der Waals surface area contributed by atoms with Crippen LogP contribution in [0.3, 0.4) is 0 Å². The minimum Gasteiger partial charge on any atom is -0.264 e. The van der Waals surface area contributed by atoms with Crippen LogP contribution in [0, 0.1) is 6.92 Å². The summed E-state index contributed by atoms with van der Waals surface area (Å²) in [7, 11) is 0. The van der Waals surface area contributed by atoms with Crippen LogP contribution in [0.2, 0.25) is 0 Å². The zero-order valence-electron chi connectivity index (χ0n) is 10.3. The van der Waals surface area contributed by atoms with Crippen LogP contribution < -0.4 is 0 Å². The number of rotatable bonds is 4. The summed E-state index contributed by atoms with van der Waals surface area (Å²) in [5, 5.41) is 9.99. The molecule has 0 aromatic carbocycles. The zero-order chi connectivity index (χ0) is 13.1. The third-order valence-electron chi connectivity index (χ3n) is 2.52. The summed E-state index contributed by atoms with van der Waals surface area (Å²) in [6.07, 6.45) is 3.74. The van der Waals surface area contributed by atoms with Crippen LogP contribution in [-0.2, 0) is 5.75 Å². The normalized spacial score (nSPS) is 10.8. The van der Waals surface area contributed by atoms with Crippen molar-refractivity contribution in [3.05, 3.63) is 47.1 Å². The van der Waals surface area contributed by atoms with Gasteiger partial charge in [0.15, 0.2) is 5.82 Å². The smallest absolute Gasteiger partial charge is 0.209 e. The van der Waals surface area contributed by atoms with Crippen molar-refractivity contribution in [3.8, 4) is 10.7 Å². The fourth-order valence-corrected chi connectivity index (χ4v) is 3.06. The van der Waals surface area contributed by atoms with E-state index in [-0.39, 0.29) is 0 Å². The number of aromatic nitrogens is 4. The number of aromatic amines is 1. The van der Waals surface area contributed by atoms with Gasteiger partial charge in [0.05, 0.1) is 4.88 Å². The molecule has 0 saturated heterocycles. The van der Waals surface area contributed by atoms with Crippen LogP contribution in [-0.4, -0.2) is 20.2 Å². The quantitative estimate of drug-likeness (QED) is 0.746. The molecule has 1 N–H and O–H groups in total. The molecule has 0 amide bonds. The van der Waals surface area contributed by atoms with Crippen LogP contribution in [0.25, 0.3) is 10.7 Å². The fourth-order valence-electron chi connectivity index (χ4n) is 1.68. The lowest BCUT2D eigenvalue weighted by atomic mass is 10.2. The molecule has 0 bridgehead atoms. The Bertz CT molecular complexity index is 661. The minimum absolute atomic E-state index is 0.768. The molecule has 0 spiro atoms. The molecular weight excluding hydrogens is 276 g/mol. The summed E-state index contributed by atoms with van der Waals surface area (Å²) >= 11 is 3.26. The van der Waals surface area contributed by atoms with Gasteiger partial charge in [-0.2, -0.15) is 0 Å². The van der Waals surface area contributed by atoms with Crippen LogP contribution in [0.15, 0.2) is 41.1 Å². The van der Waals surface area contributed by atoms with Crippen LogP contribution in [0.5, 0.6) is 0 Å². The highest BCUT2D eigenvalue weighted by Crippen LogP contribution is 2.24. The van der Waals surface area contributed by atoms with Crippen molar-refractivity contribution < 1.29 is 0 Å². The van der Waals surface area contributed by atoms with E-state index in [4.69, 9.17) is 0 Å². The Morgan fingerprint density at radius 2 is 2.32 bits per heavy atom. The molecule has 0 radical (unpaired) electrons. The second-order valence-corrected chi connectivity index (χ2v) is 5.99. The van der Waals surface area contributed by atoms with Crippen LogP contribution >= 0.6 is 23.1 Å². The molecule has 0 saturated carbocycles. The lowest BCUT2D eigenvalue weighted by Gasteiger charge is -1.98. The molecule has 0 aliphatic carbocycles. The van der Waals surface area contributed by atoms with Gasteiger partial charge in [-0.05, 0) is 29.5 Å². The molecule has 19 heavy (non-hydrogen) atoms. The number of pyridine rings is 1. The zero-order valence-corrected chi connectivity index (χ0v) is 12.0. The minimum atomic E-state index is 0.768. The molecule has 3 aromatic heterocycles. The maximum absolute atomic E-state index is 4.48. The number of nitrogens with one attached hydrogen (secondary N) is 1. The summed E-state index contributed by atoms with van der Waals surface area (Å²) in [4.78, 5) is 9.77. The molecule has 3 heterocycles. The van der Waals surface area contributed by atoms with Gasteiger partial charge in [-0.25, -0.2) is 4.98 Å². The average molecular weight is 288 g/mol. The molecule has 0 atom stereocenters. The molecule has 3 rings (SSSR count). The standard InChI is InChI=1S/C13H12N4S2/c1-9-5-10(7-14-6-9)8-19-13-15-12(16-17-13)11-3-2-4-18-11/h2-7H,8H2,1H3,(H,15,16,17). The Kier molecular flexibility index (Phi) is 3.61. The first-order valence-electron chi connectivity index (χ1n) is 5.81. The van der Waals surface area contributed by atoms with E-state index in [1.165, 1.54) is 11.1 Å². The first kappa shape index (κ1) is 12.4. The molecule has 6 heteroatoms. The van der Waals surface area contributed by atoms with Gasteiger partial charge in [0.1, 0.15) is 0 Å². The lowest BCUT2D eigenvalue weighted by Crippen LogP contribution is -1.85. The predicted octanol–water partition coefficient (Wildman–Crippen LogP) is 3.53. The summed E-state index contributed by atoms with van der Waals surface area (Å²) in [5.41, 5.74) is 2.36. The number of thioether (sulfide) groups is 1. The number of H-pyrrole nitrogens is 1. The maximum atomic E-state index is 4.48. The molecule has 4 nitrogen and oxygen atoms in total. The summed E-state index contributed by atoms with van der Waals surface area (Å²) < 4.78 is 0. The van der Waals surface area contributed by atoms with Crippen molar-refractivity contribution in [2.45, 2.75) is 17.8 Å². The van der Waals surface area contributed by atoms with Gasteiger partial charge in [0.2, 0.25) is 5.16 Å². The van der Waals surface area contributed by atoms with E-state index in [0.717, 1.165) is 21.6 Å². The molecular formula is C13H12N4S2. The Morgan fingerprint density at radius 3 is 3.11 bits per heavy atom. The van der Waals surface area contributed by atoms with Gasteiger partial charge < -0.3 is 0 Å². The first-order valence-corrected chi connectivity index (χ1v) is 7.67. The predicted molar refractivity (Wildman–Crippen MR) is 78.2 cm³/mol. The highest BCUT2D eigenvalue weighted by atomic mass is 32.2. The topological polar surface area (TPSA) is 54.5 Å². The highest BCUT2D eigenvalue weighted by molar-refractivity contribution is 7.98. The van der Waals surface area contributed by atoms with E-state index in [1.807, 2.05) is 36.8 Å². The Hall–Kier alpha value is -1.66. The monoisotopic (exact) mass is 288 g/mol. The first-order chi connectivity index (χ1) is 9.31. The summed E-state index contributed by atoms with van der Waals surface area (Å²) in [6.45, 7) is 2.04. The molecule has 96 valence electrons. The van der Waals surface area contributed by atoms with Gasteiger partial charge in [-0.1, -0.05) is 23.9 Å². The Morgan fingerprint density at radius 1 is 1.37 bits per heavy atom. The van der Waals surface area contributed by atoms with Crippen molar-refractivity contribution in [2.24, 2.45) is 0 Å². The maximum Gasteiger partial charge on any atom is 0.209 e. The lowest BCUT2D eigenvalue weighted by molar-refractivity contribution is 0.973. The number of thiophene rings is 1. The van der Waals surface area contributed by atoms with E-state index in [0.29, 0.717) is 0 Å². The van der Waals surface area contributed by atoms with Gasteiger partial charge in [0.25, 0.3) is 0 Å². The van der Waals surface area contributed by atoms with E-state index in [2.05, 4.69) is 26.2 Å². The average Bonchev–Trinajstić information content (AvgIpc) is 3.07. The second kappa shape index (κ2) is 5.54. The summed E-state index contributed by atoms with van der Waals surface area (Å²) in [5.74, 6) is 1.66. The van der Waals surface area contributed by atoms with E-state index in [1.54, 1.807) is 23.1 Å². The van der Waals surface area contributed by atoms with Crippen LogP contribution in [0.1, 0.15) is 11.1 Å². The van der Waals surface area contributed by atoms with Crippen molar-refractivity contribution in [1.82, 2.24) is 20.2 Å². The fraction of sp³-hybridized carbons (Fsp3) is 0.154.